The first-order chi connectivity index (χ1) is 8.67. The number of para-hydroxylation sites is 1. The summed E-state index contributed by atoms with van der Waals surface area (Å²) in [5.41, 5.74) is 7.30. The van der Waals surface area contributed by atoms with Gasteiger partial charge in [-0.3, -0.25) is 4.79 Å². The second-order valence-electron chi connectivity index (χ2n) is 5.37. The summed E-state index contributed by atoms with van der Waals surface area (Å²) in [5.74, 6) is -0.0459. The van der Waals surface area contributed by atoms with Crippen LogP contribution in [0.3, 0.4) is 0 Å². The fourth-order valence-corrected chi connectivity index (χ4v) is 2.79. The molecule has 0 heterocycles. The second-order valence-corrected chi connectivity index (χ2v) is 5.37. The van der Waals surface area contributed by atoms with Gasteiger partial charge in [0.1, 0.15) is 0 Å². The zero-order valence-electron chi connectivity index (χ0n) is 11.0. The van der Waals surface area contributed by atoms with Crippen LogP contribution in [-0.4, -0.2) is 12.5 Å². The molecule has 3 nitrogen and oxygen atoms in total. The van der Waals surface area contributed by atoms with Crippen LogP contribution in [0.25, 0.3) is 0 Å². The van der Waals surface area contributed by atoms with Crippen LogP contribution in [0.4, 0.5) is 5.69 Å². The lowest BCUT2D eigenvalue weighted by Crippen LogP contribution is -2.42. The van der Waals surface area contributed by atoms with E-state index in [0.29, 0.717) is 16.7 Å². The zero-order chi connectivity index (χ0) is 13.0. The van der Waals surface area contributed by atoms with E-state index >= 15 is 0 Å². The fourth-order valence-electron chi connectivity index (χ4n) is 2.79. The van der Waals surface area contributed by atoms with Crippen LogP contribution in [0.15, 0.2) is 24.3 Å². The monoisotopic (exact) mass is 246 g/mol. The summed E-state index contributed by atoms with van der Waals surface area (Å²) in [6, 6.07) is 7.23. The molecule has 0 bridgehead atoms. The van der Waals surface area contributed by atoms with Gasteiger partial charge in [-0.1, -0.05) is 31.9 Å². The first-order valence-corrected chi connectivity index (χ1v) is 6.80. The largest absolute Gasteiger partial charge is 0.398 e. The molecule has 1 saturated carbocycles. The Bertz CT molecular complexity index is 424. The third-order valence-electron chi connectivity index (χ3n) is 4.02. The number of rotatable bonds is 5. The highest BCUT2D eigenvalue weighted by atomic mass is 16.1. The quantitative estimate of drug-likeness (QED) is 0.785. The van der Waals surface area contributed by atoms with Crippen molar-refractivity contribution in [2.45, 2.75) is 39.0 Å². The van der Waals surface area contributed by atoms with Crippen LogP contribution in [-0.2, 0) is 0 Å². The van der Waals surface area contributed by atoms with Gasteiger partial charge in [0, 0.05) is 12.2 Å². The van der Waals surface area contributed by atoms with Crippen molar-refractivity contribution < 1.29 is 4.79 Å². The van der Waals surface area contributed by atoms with E-state index in [1.807, 2.05) is 12.1 Å². The molecular formula is C15H22N2O. The molecule has 0 radical (unpaired) electrons. The summed E-state index contributed by atoms with van der Waals surface area (Å²) in [5, 5.41) is 3.05. The van der Waals surface area contributed by atoms with Gasteiger partial charge in [-0.25, -0.2) is 0 Å². The molecule has 0 unspecified atom stereocenters. The van der Waals surface area contributed by atoms with E-state index in [4.69, 9.17) is 5.73 Å². The zero-order valence-corrected chi connectivity index (χ0v) is 11.0. The maximum absolute atomic E-state index is 12.1. The molecule has 3 N–H and O–H groups in total. The molecule has 1 amide bonds. The number of anilines is 1. The maximum Gasteiger partial charge on any atom is 0.253 e. The molecule has 1 aromatic carbocycles. The lowest BCUT2D eigenvalue weighted by atomic mass is 9.66. The summed E-state index contributed by atoms with van der Waals surface area (Å²) < 4.78 is 0. The number of nitrogens with two attached hydrogens (primary N) is 1. The van der Waals surface area contributed by atoms with Crippen molar-refractivity contribution in [2.24, 2.45) is 5.41 Å². The number of nitrogens with one attached hydrogen (secondary N) is 1. The van der Waals surface area contributed by atoms with Crippen LogP contribution >= 0.6 is 0 Å². The van der Waals surface area contributed by atoms with Crippen LogP contribution in [0.5, 0.6) is 0 Å². The highest BCUT2D eigenvalue weighted by Crippen LogP contribution is 2.44. The van der Waals surface area contributed by atoms with Gasteiger partial charge in [0.2, 0.25) is 0 Å². The average Bonchev–Trinajstić information content (AvgIpc) is 2.32. The van der Waals surface area contributed by atoms with E-state index in [1.54, 1.807) is 12.1 Å². The molecule has 1 aromatic rings. The van der Waals surface area contributed by atoms with Crippen LogP contribution < -0.4 is 11.1 Å². The Morgan fingerprint density at radius 2 is 2.11 bits per heavy atom. The Hall–Kier alpha value is -1.51. The number of carbonyl (C=O) groups is 1. The Balaban J connectivity index is 1.94. The average molecular weight is 246 g/mol. The third kappa shape index (κ3) is 2.66. The molecule has 1 aliphatic rings. The molecule has 0 aliphatic heterocycles. The first-order valence-electron chi connectivity index (χ1n) is 6.80. The maximum atomic E-state index is 12.1. The highest BCUT2D eigenvalue weighted by Gasteiger charge is 2.36. The Labute approximate surface area is 109 Å². The molecule has 0 spiro atoms. The molecule has 18 heavy (non-hydrogen) atoms. The van der Waals surface area contributed by atoms with Crippen molar-refractivity contribution in [3.63, 3.8) is 0 Å². The van der Waals surface area contributed by atoms with Crippen LogP contribution in [0.2, 0.25) is 0 Å². The Kier molecular flexibility index (Phi) is 3.90. The van der Waals surface area contributed by atoms with E-state index < -0.39 is 0 Å². The number of nitrogen functional groups attached to an aromatic ring is 1. The van der Waals surface area contributed by atoms with Crippen molar-refractivity contribution in [1.82, 2.24) is 5.32 Å². The molecular weight excluding hydrogens is 224 g/mol. The van der Waals surface area contributed by atoms with Gasteiger partial charge in [-0.05, 0) is 36.8 Å². The molecule has 1 aliphatic carbocycles. The lowest BCUT2D eigenvalue weighted by Gasteiger charge is -2.42. The van der Waals surface area contributed by atoms with E-state index in [9.17, 15) is 4.79 Å². The van der Waals surface area contributed by atoms with Crippen molar-refractivity contribution in [1.29, 1.82) is 0 Å². The molecule has 0 aromatic heterocycles. The number of benzene rings is 1. The SMILES string of the molecule is CCCC1(CNC(=O)c2ccccc2N)CCC1. The number of hydrogen-bond acceptors (Lipinski definition) is 2. The summed E-state index contributed by atoms with van der Waals surface area (Å²) in [6.45, 7) is 2.99. The minimum atomic E-state index is -0.0459. The summed E-state index contributed by atoms with van der Waals surface area (Å²) >= 11 is 0. The molecule has 0 saturated heterocycles. The normalized spacial score (nSPS) is 16.9. The highest BCUT2D eigenvalue weighted by molar-refractivity contribution is 5.99. The summed E-state index contributed by atoms with van der Waals surface area (Å²) in [4.78, 5) is 12.1. The smallest absolute Gasteiger partial charge is 0.253 e. The summed E-state index contributed by atoms with van der Waals surface area (Å²) in [7, 11) is 0. The van der Waals surface area contributed by atoms with Crippen molar-refractivity contribution in [3.05, 3.63) is 29.8 Å². The van der Waals surface area contributed by atoms with E-state index in [2.05, 4.69) is 12.2 Å². The van der Waals surface area contributed by atoms with Gasteiger partial charge < -0.3 is 11.1 Å². The Morgan fingerprint density at radius 3 is 2.67 bits per heavy atom. The minimum absolute atomic E-state index is 0.0459. The van der Waals surface area contributed by atoms with Gasteiger partial charge in [0.05, 0.1) is 5.56 Å². The topological polar surface area (TPSA) is 55.1 Å². The van der Waals surface area contributed by atoms with Crippen LogP contribution in [0, 0.1) is 5.41 Å². The first kappa shape index (κ1) is 12.9. The Morgan fingerprint density at radius 1 is 1.39 bits per heavy atom. The fraction of sp³-hybridized carbons (Fsp3) is 0.533. The number of hydrogen-bond donors (Lipinski definition) is 2. The van der Waals surface area contributed by atoms with Gasteiger partial charge in [-0.2, -0.15) is 0 Å². The predicted molar refractivity (Wildman–Crippen MR) is 74.4 cm³/mol. The molecule has 0 atom stereocenters. The molecule has 1 fully saturated rings. The molecule has 98 valence electrons. The van der Waals surface area contributed by atoms with E-state index in [-0.39, 0.29) is 5.91 Å². The van der Waals surface area contributed by atoms with E-state index in [0.717, 1.165) is 6.54 Å². The third-order valence-corrected chi connectivity index (χ3v) is 4.02. The molecule has 3 heteroatoms. The molecule has 2 rings (SSSR count). The summed E-state index contributed by atoms with van der Waals surface area (Å²) in [6.07, 6.45) is 6.17. The van der Waals surface area contributed by atoms with Gasteiger partial charge in [0.15, 0.2) is 0 Å². The second kappa shape index (κ2) is 5.42. The number of amides is 1. The van der Waals surface area contributed by atoms with Crippen molar-refractivity contribution in [2.75, 3.05) is 12.3 Å². The standard InChI is InChI=1S/C15H22N2O/c1-2-8-15(9-5-10-15)11-17-14(18)12-6-3-4-7-13(12)16/h3-4,6-7H,2,5,8-11,16H2,1H3,(H,17,18). The van der Waals surface area contributed by atoms with Crippen LogP contribution in [0.1, 0.15) is 49.4 Å². The van der Waals surface area contributed by atoms with E-state index in [1.165, 1.54) is 32.1 Å². The minimum Gasteiger partial charge on any atom is -0.398 e. The van der Waals surface area contributed by atoms with Gasteiger partial charge >= 0.3 is 0 Å². The van der Waals surface area contributed by atoms with Gasteiger partial charge in [0.25, 0.3) is 5.91 Å². The van der Waals surface area contributed by atoms with Crippen molar-refractivity contribution >= 4 is 11.6 Å². The predicted octanol–water partition coefficient (Wildman–Crippen LogP) is 2.97. The number of carbonyl (C=O) groups excluding carboxylic acids is 1. The lowest BCUT2D eigenvalue weighted by molar-refractivity contribution is 0.0833. The van der Waals surface area contributed by atoms with Gasteiger partial charge in [-0.15, -0.1) is 0 Å². The van der Waals surface area contributed by atoms with Crippen molar-refractivity contribution in [3.8, 4) is 0 Å².